The maximum atomic E-state index is 10.1. The predicted octanol–water partition coefficient (Wildman–Crippen LogP) is 0.865. The predicted molar refractivity (Wildman–Crippen MR) is 35.3 cm³/mol. The highest BCUT2D eigenvalue weighted by molar-refractivity contribution is 5.81. The minimum absolute atomic E-state index is 0.427. The van der Waals surface area contributed by atoms with E-state index in [-0.39, 0.29) is 0 Å². The second kappa shape index (κ2) is 2.80. The Morgan fingerprint density at radius 1 is 1.56 bits per heavy atom. The molecule has 2 heteroatoms. The molecule has 0 spiro atoms. The van der Waals surface area contributed by atoms with E-state index < -0.39 is 0 Å². The second-order valence-electron chi connectivity index (χ2n) is 1.49. The van der Waals surface area contributed by atoms with Gasteiger partial charge in [0.2, 0.25) is 0 Å². The minimum Gasteiger partial charge on any atom is -0.296 e. The van der Waals surface area contributed by atoms with Crippen molar-refractivity contribution in [3.8, 4) is 0 Å². The van der Waals surface area contributed by atoms with Gasteiger partial charge in [0.05, 0.1) is 0 Å². The molecule has 0 atom stereocenters. The second-order valence-corrected chi connectivity index (χ2v) is 1.49. The van der Waals surface area contributed by atoms with E-state index in [0.717, 1.165) is 0 Å². The number of aldehydes is 1. The summed E-state index contributed by atoms with van der Waals surface area (Å²) in [4.78, 5) is 13.8. The lowest BCUT2D eigenvalue weighted by molar-refractivity contribution is -0.104. The van der Waals surface area contributed by atoms with E-state index in [4.69, 9.17) is 0 Å². The summed E-state index contributed by atoms with van der Waals surface area (Å²) >= 11 is 0. The quantitative estimate of drug-likeness (QED) is 0.372. The zero-order valence-corrected chi connectivity index (χ0v) is 4.74. The van der Waals surface area contributed by atoms with Crippen LogP contribution < -0.4 is 0 Å². The monoisotopic (exact) mass is 119 g/mol. The first kappa shape index (κ1) is 5.73. The first-order chi connectivity index (χ1) is 4.43. The van der Waals surface area contributed by atoms with Crippen molar-refractivity contribution in [3.05, 3.63) is 29.7 Å². The third-order valence-corrected chi connectivity index (χ3v) is 0.865. The lowest BCUT2D eigenvalue weighted by Gasteiger charge is -1.79. The van der Waals surface area contributed by atoms with Gasteiger partial charge in [-0.1, -0.05) is 0 Å². The number of aliphatic imine (C=N–C) groups is 1. The summed E-state index contributed by atoms with van der Waals surface area (Å²) in [5, 5.41) is 0. The van der Waals surface area contributed by atoms with Crippen LogP contribution in [0.4, 0.5) is 0 Å². The fraction of sp³-hybridized carbons (Fsp3) is 0. The number of hydrogen-bond acceptors (Lipinski definition) is 2. The molecule has 0 aromatic heterocycles. The SMILES string of the molecule is O=CC1=CC=C=CC=N1. The molecule has 0 bridgehead atoms. The molecule has 0 saturated heterocycles. The Bertz CT molecular complexity index is 229. The van der Waals surface area contributed by atoms with E-state index in [1.54, 1.807) is 18.2 Å². The fourth-order valence-electron chi connectivity index (χ4n) is 0.468. The van der Waals surface area contributed by atoms with Gasteiger partial charge in [-0.25, -0.2) is 0 Å². The molecule has 0 unspecified atom stereocenters. The number of nitrogens with zero attached hydrogens (tertiary/aromatic N) is 1. The van der Waals surface area contributed by atoms with E-state index in [2.05, 4.69) is 10.7 Å². The average Bonchev–Trinajstić information content (AvgIpc) is 2.13. The summed E-state index contributed by atoms with van der Waals surface area (Å²) in [6.07, 6.45) is 7.13. The summed E-state index contributed by atoms with van der Waals surface area (Å²) in [7, 11) is 0. The van der Waals surface area contributed by atoms with E-state index in [9.17, 15) is 4.79 Å². The lowest BCUT2D eigenvalue weighted by atomic mass is 10.4. The van der Waals surface area contributed by atoms with Crippen LogP contribution in [0.1, 0.15) is 0 Å². The molecule has 0 aromatic rings. The molecule has 0 radical (unpaired) electrons. The minimum atomic E-state index is 0.427. The van der Waals surface area contributed by atoms with E-state index >= 15 is 0 Å². The number of carbonyl (C=O) groups excluding carboxylic acids is 1. The molecule has 1 aliphatic heterocycles. The van der Waals surface area contributed by atoms with Gasteiger partial charge in [0, 0.05) is 6.21 Å². The number of allylic oxidation sites excluding steroid dienone is 3. The van der Waals surface area contributed by atoms with Gasteiger partial charge in [0.25, 0.3) is 0 Å². The van der Waals surface area contributed by atoms with Crippen LogP contribution in [0.3, 0.4) is 0 Å². The van der Waals surface area contributed by atoms with Gasteiger partial charge in [-0.15, -0.1) is 5.73 Å². The highest BCUT2D eigenvalue weighted by Gasteiger charge is 1.85. The molecule has 0 amide bonds. The standard InChI is InChI=1S/C7H5NO/c9-6-7-4-2-1-3-5-8-7/h2-6H. The van der Waals surface area contributed by atoms with Gasteiger partial charge in [0.1, 0.15) is 5.70 Å². The first-order valence-corrected chi connectivity index (χ1v) is 2.54. The van der Waals surface area contributed by atoms with Crippen molar-refractivity contribution >= 4 is 12.5 Å². The van der Waals surface area contributed by atoms with Gasteiger partial charge in [-0.3, -0.25) is 9.79 Å². The Hall–Kier alpha value is -1.40. The van der Waals surface area contributed by atoms with Crippen molar-refractivity contribution < 1.29 is 4.79 Å². The Kier molecular flexibility index (Phi) is 1.78. The highest BCUT2D eigenvalue weighted by Crippen LogP contribution is 1.92. The van der Waals surface area contributed by atoms with E-state index in [0.29, 0.717) is 12.0 Å². The Labute approximate surface area is 52.9 Å². The first-order valence-electron chi connectivity index (χ1n) is 2.54. The molecule has 44 valence electrons. The summed E-state index contributed by atoms with van der Waals surface area (Å²) in [6, 6.07) is 0. The van der Waals surface area contributed by atoms with Crippen LogP contribution in [-0.4, -0.2) is 12.5 Å². The van der Waals surface area contributed by atoms with E-state index in [1.807, 2.05) is 0 Å². The summed E-state index contributed by atoms with van der Waals surface area (Å²) in [5.74, 6) is 0. The topological polar surface area (TPSA) is 29.4 Å². The maximum Gasteiger partial charge on any atom is 0.168 e. The normalized spacial score (nSPS) is 14.9. The molecule has 0 aromatic carbocycles. The maximum absolute atomic E-state index is 10.1. The number of rotatable bonds is 1. The Morgan fingerprint density at radius 2 is 2.44 bits per heavy atom. The Morgan fingerprint density at radius 3 is 3.22 bits per heavy atom. The fourth-order valence-corrected chi connectivity index (χ4v) is 0.468. The molecular formula is C7H5NO. The molecule has 9 heavy (non-hydrogen) atoms. The van der Waals surface area contributed by atoms with Gasteiger partial charge >= 0.3 is 0 Å². The van der Waals surface area contributed by atoms with Crippen molar-refractivity contribution in [3.63, 3.8) is 0 Å². The van der Waals surface area contributed by atoms with Crippen LogP contribution in [0.25, 0.3) is 0 Å². The molecule has 0 fully saturated rings. The molecule has 1 heterocycles. The van der Waals surface area contributed by atoms with Crippen LogP contribution in [0.2, 0.25) is 0 Å². The van der Waals surface area contributed by atoms with Gasteiger partial charge < -0.3 is 0 Å². The summed E-state index contributed by atoms with van der Waals surface area (Å²) < 4.78 is 0. The van der Waals surface area contributed by atoms with Crippen molar-refractivity contribution in [2.24, 2.45) is 4.99 Å². The average molecular weight is 119 g/mol. The van der Waals surface area contributed by atoms with Gasteiger partial charge in [-0.05, 0) is 18.2 Å². The smallest absolute Gasteiger partial charge is 0.168 e. The molecule has 0 N–H and O–H groups in total. The van der Waals surface area contributed by atoms with E-state index in [1.165, 1.54) is 6.21 Å². The zero-order chi connectivity index (χ0) is 6.53. The summed E-state index contributed by atoms with van der Waals surface area (Å²) in [5.41, 5.74) is 3.20. The summed E-state index contributed by atoms with van der Waals surface area (Å²) in [6.45, 7) is 0. The van der Waals surface area contributed by atoms with Gasteiger partial charge in [-0.2, -0.15) is 0 Å². The van der Waals surface area contributed by atoms with Crippen molar-refractivity contribution in [2.75, 3.05) is 0 Å². The number of hydrogen-bond donors (Lipinski definition) is 0. The van der Waals surface area contributed by atoms with Crippen molar-refractivity contribution in [1.29, 1.82) is 0 Å². The molecular weight excluding hydrogens is 114 g/mol. The van der Waals surface area contributed by atoms with Crippen molar-refractivity contribution in [1.82, 2.24) is 0 Å². The largest absolute Gasteiger partial charge is 0.296 e. The number of carbonyl (C=O) groups is 1. The third-order valence-electron chi connectivity index (χ3n) is 0.865. The van der Waals surface area contributed by atoms with Crippen LogP contribution >= 0.6 is 0 Å². The molecule has 0 saturated carbocycles. The van der Waals surface area contributed by atoms with Gasteiger partial charge in [0.15, 0.2) is 6.29 Å². The van der Waals surface area contributed by atoms with Crippen LogP contribution in [0, 0.1) is 0 Å². The zero-order valence-electron chi connectivity index (χ0n) is 4.74. The van der Waals surface area contributed by atoms with Crippen molar-refractivity contribution in [2.45, 2.75) is 0 Å². The lowest BCUT2D eigenvalue weighted by Crippen LogP contribution is -1.76. The molecule has 1 aliphatic rings. The molecule has 0 aliphatic carbocycles. The van der Waals surface area contributed by atoms with Crippen LogP contribution in [-0.2, 0) is 4.79 Å². The third kappa shape index (κ3) is 1.52. The molecule has 1 rings (SSSR count). The highest BCUT2D eigenvalue weighted by atomic mass is 16.1. The molecule has 2 nitrogen and oxygen atoms in total. The Balaban J connectivity index is 2.91. The van der Waals surface area contributed by atoms with Crippen LogP contribution in [0.15, 0.2) is 34.6 Å². The van der Waals surface area contributed by atoms with Crippen LogP contribution in [0.5, 0.6) is 0 Å².